The third kappa shape index (κ3) is 7.44. The summed E-state index contributed by atoms with van der Waals surface area (Å²) in [6, 6.07) is 14.3. The first-order chi connectivity index (χ1) is 16.7. The lowest BCUT2D eigenvalue weighted by atomic mass is 9.98. The Hall–Kier alpha value is -3.60. The van der Waals surface area contributed by atoms with E-state index < -0.39 is 49.8 Å². The van der Waals surface area contributed by atoms with Gasteiger partial charge in [0.05, 0.1) is 6.61 Å². The number of amides is 2. The van der Waals surface area contributed by atoms with Crippen LogP contribution < -0.4 is 10.6 Å². The summed E-state index contributed by atoms with van der Waals surface area (Å²) in [6.45, 7) is -2.10. The Morgan fingerprint density at radius 2 is 1.60 bits per heavy atom. The van der Waals surface area contributed by atoms with Crippen LogP contribution in [0.2, 0.25) is 0 Å². The highest BCUT2D eigenvalue weighted by Crippen LogP contribution is 2.44. The molecule has 1 aliphatic rings. The molecule has 1 aliphatic carbocycles. The molecule has 0 saturated carbocycles. The van der Waals surface area contributed by atoms with Crippen LogP contribution in [0.1, 0.15) is 29.9 Å². The van der Waals surface area contributed by atoms with Crippen LogP contribution in [0.4, 0.5) is 18.0 Å². The van der Waals surface area contributed by atoms with Crippen molar-refractivity contribution in [2.75, 3.05) is 26.4 Å². The van der Waals surface area contributed by atoms with Gasteiger partial charge < -0.3 is 25.2 Å². The molecule has 0 aliphatic heterocycles. The molecule has 2 aromatic carbocycles. The molecule has 3 N–H and O–H groups in total. The summed E-state index contributed by atoms with van der Waals surface area (Å²) in [6.07, 6.45) is -6.04. The van der Waals surface area contributed by atoms with E-state index in [9.17, 15) is 27.6 Å². The SMILES string of the molecule is O=C(O)CCC(NC(=O)OCC1c2ccccc2-c2ccccc21)C(=O)NCCOCC(F)(F)F. The highest BCUT2D eigenvalue weighted by molar-refractivity contribution is 5.86. The minimum Gasteiger partial charge on any atom is -0.481 e. The van der Waals surface area contributed by atoms with Crippen molar-refractivity contribution in [3.8, 4) is 11.1 Å². The number of fused-ring (bicyclic) bond motifs is 3. The molecule has 35 heavy (non-hydrogen) atoms. The van der Waals surface area contributed by atoms with E-state index in [1.807, 2.05) is 48.5 Å². The van der Waals surface area contributed by atoms with Crippen molar-refractivity contribution >= 4 is 18.0 Å². The van der Waals surface area contributed by atoms with Gasteiger partial charge in [0, 0.05) is 18.9 Å². The van der Waals surface area contributed by atoms with Crippen LogP contribution in [-0.2, 0) is 19.1 Å². The van der Waals surface area contributed by atoms with E-state index in [-0.39, 0.29) is 25.5 Å². The fourth-order valence-electron chi connectivity index (χ4n) is 3.88. The highest BCUT2D eigenvalue weighted by Gasteiger charge is 2.30. The molecule has 1 atom stereocenters. The third-order valence-corrected chi connectivity index (χ3v) is 5.41. The summed E-state index contributed by atoms with van der Waals surface area (Å²) in [4.78, 5) is 35.8. The molecule has 8 nitrogen and oxygen atoms in total. The number of carboxylic acids is 1. The van der Waals surface area contributed by atoms with Gasteiger partial charge in [-0.05, 0) is 28.7 Å². The Labute approximate surface area is 199 Å². The maximum Gasteiger partial charge on any atom is 0.411 e. The molecule has 0 radical (unpaired) electrons. The smallest absolute Gasteiger partial charge is 0.411 e. The van der Waals surface area contributed by atoms with Gasteiger partial charge in [-0.1, -0.05) is 48.5 Å². The van der Waals surface area contributed by atoms with Gasteiger partial charge in [-0.2, -0.15) is 13.2 Å². The molecule has 2 amide bonds. The lowest BCUT2D eigenvalue weighted by Crippen LogP contribution is -2.48. The monoisotopic (exact) mass is 494 g/mol. The normalized spacial score (nSPS) is 13.5. The number of ether oxygens (including phenoxy) is 2. The third-order valence-electron chi connectivity index (χ3n) is 5.41. The van der Waals surface area contributed by atoms with Crippen molar-refractivity contribution in [1.29, 1.82) is 0 Å². The van der Waals surface area contributed by atoms with Crippen molar-refractivity contribution in [3.63, 3.8) is 0 Å². The van der Waals surface area contributed by atoms with E-state index in [1.165, 1.54) is 0 Å². The zero-order valence-electron chi connectivity index (χ0n) is 18.6. The average molecular weight is 494 g/mol. The maximum absolute atomic E-state index is 12.5. The van der Waals surface area contributed by atoms with Crippen molar-refractivity contribution in [2.45, 2.75) is 31.0 Å². The Kier molecular flexibility index (Phi) is 8.69. The largest absolute Gasteiger partial charge is 0.481 e. The number of aliphatic carboxylic acids is 1. The molecule has 0 fully saturated rings. The first-order valence-electron chi connectivity index (χ1n) is 10.9. The number of carboxylic acid groups (broad SMARTS) is 1. The molecular formula is C24H25F3N2O6. The molecule has 3 rings (SSSR count). The number of hydrogen-bond acceptors (Lipinski definition) is 5. The highest BCUT2D eigenvalue weighted by atomic mass is 19.4. The van der Waals surface area contributed by atoms with Crippen molar-refractivity contribution < 1.29 is 42.1 Å². The van der Waals surface area contributed by atoms with E-state index in [0.717, 1.165) is 22.3 Å². The maximum atomic E-state index is 12.5. The molecule has 1 unspecified atom stereocenters. The first-order valence-corrected chi connectivity index (χ1v) is 10.9. The molecule has 2 aromatic rings. The Morgan fingerprint density at radius 3 is 2.17 bits per heavy atom. The summed E-state index contributed by atoms with van der Waals surface area (Å²) < 4.78 is 46.1. The van der Waals surface area contributed by atoms with Crippen LogP contribution in [0.3, 0.4) is 0 Å². The number of rotatable bonds is 11. The van der Waals surface area contributed by atoms with Gasteiger partial charge in [0.2, 0.25) is 5.91 Å². The Balaban J connectivity index is 1.56. The summed E-state index contributed by atoms with van der Waals surface area (Å²) in [7, 11) is 0. The van der Waals surface area contributed by atoms with Crippen LogP contribution in [0, 0.1) is 0 Å². The van der Waals surface area contributed by atoms with Crippen molar-refractivity contribution in [3.05, 3.63) is 59.7 Å². The van der Waals surface area contributed by atoms with Crippen LogP contribution >= 0.6 is 0 Å². The fourth-order valence-corrected chi connectivity index (χ4v) is 3.88. The minimum absolute atomic E-state index is 0.00158. The number of benzene rings is 2. The second kappa shape index (κ2) is 11.7. The van der Waals surface area contributed by atoms with E-state index in [1.54, 1.807) is 0 Å². The molecule has 0 saturated heterocycles. The summed E-state index contributed by atoms with van der Waals surface area (Å²) in [5.41, 5.74) is 4.09. The van der Waals surface area contributed by atoms with Crippen LogP contribution in [0.15, 0.2) is 48.5 Å². The molecule has 0 heterocycles. The Morgan fingerprint density at radius 1 is 1.00 bits per heavy atom. The number of carbonyl (C=O) groups is 3. The van der Waals surface area contributed by atoms with Crippen LogP contribution in [-0.4, -0.2) is 61.7 Å². The minimum atomic E-state index is -4.49. The zero-order valence-corrected chi connectivity index (χ0v) is 18.6. The number of alkyl halides is 3. The topological polar surface area (TPSA) is 114 Å². The molecule has 11 heteroatoms. The van der Waals surface area contributed by atoms with E-state index in [4.69, 9.17) is 9.84 Å². The van der Waals surface area contributed by atoms with E-state index >= 15 is 0 Å². The second-order valence-electron chi connectivity index (χ2n) is 7.91. The number of halogens is 3. The lowest BCUT2D eigenvalue weighted by Gasteiger charge is -2.19. The summed E-state index contributed by atoms with van der Waals surface area (Å²) in [5.74, 6) is -2.13. The predicted molar refractivity (Wildman–Crippen MR) is 119 cm³/mol. The van der Waals surface area contributed by atoms with Crippen molar-refractivity contribution in [1.82, 2.24) is 10.6 Å². The number of carbonyl (C=O) groups excluding carboxylic acids is 2. The molecular weight excluding hydrogens is 469 g/mol. The number of hydrogen-bond donors (Lipinski definition) is 3. The quantitative estimate of drug-likeness (QED) is 0.413. The molecule has 0 spiro atoms. The predicted octanol–water partition coefficient (Wildman–Crippen LogP) is 3.45. The van der Waals surface area contributed by atoms with Gasteiger partial charge in [-0.3, -0.25) is 9.59 Å². The molecule has 0 bridgehead atoms. The van der Waals surface area contributed by atoms with Gasteiger partial charge in [0.25, 0.3) is 0 Å². The van der Waals surface area contributed by atoms with Gasteiger partial charge in [0.1, 0.15) is 19.3 Å². The first kappa shape index (κ1) is 26.0. The Bertz CT molecular complexity index is 1010. The van der Waals surface area contributed by atoms with Gasteiger partial charge in [0.15, 0.2) is 0 Å². The van der Waals surface area contributed by atoms with Gasteiger partial charge in [-0.25, -0.2) is 4.79 Å². The van der Waals surface area contributed by atoms with Gasteiger partial charge >= 0.3 is 18.2 Å². The molecule has 188 valence electrons. The van der Waals surface area contributed by atoms with Crippen LogP contribution in [0.25, 0.3) is 11.1 Å². The van der Waals surface area contributed by atoms with E-state index in [0.29, 0.717) is 0 Å². The lowest BCUT2D eigenvalue weighted by molar-refractivity contribution is -0.173. The van der Waals surface area contributed by atoms with Gasteiger partial charge in [-0.15, -0.1) is 0 Å². The fraction of sp³-hybridized carbons (Fsp3) is 0.375. The van der Waals surface area contributed by atoms with Crippen LogP contribution in [0.5, 0.6) is 0 Å². The second-order valence-corrected chi connectivity index (χ2v) is 7.91. The zero-order chi connectivity index (χ0) is 25.4. The summed E-state index contributed by atoms with van der Waals surface area (Å²) in [5, 5.41) is 13.6. The molecule has 0 aromatic heterocycles. The standard InChI is InChI=1S/C24H25F3N2O6/c25-24(26,27)14-34-12-11-28-22(32)20(9-10-21(30)31)29-23(33)35-13-19-17-7-3-1-5-15(17)16-6-2-4-8-18(16)19/h1-8,19-20H,9-14H2,(H,28,32)(H,29,33)(H,30,31). The summed E-state index contributed by atoms with van der Waals surface area (Å²) >= 11 is 0. The van der Waals surface area contributed by atoms with E-state index in [2.05, 4.69) is 15.4 Å². The van der Waals surface area contributed by atoms with Crippen molar-refractivity contribution in [2.24, 2.45) is 0 Å². The average Bonchev–Trinajstić information content (AvgIpc) is 3.13. The number of alkyl carbamates (subject to hydrolysis) is 1. The number of nitrogens with one attached hydrogen (secondary N) is 2.